The molecule has 23 heavy (non-hydrogen) atoms. The smallest absolute Gasteiger partial charge is 0.164 e. The zero-order chi connectivity index (χ0) is 15.8. The molecule has 0 saturated carbocycles. The minimum Gasteiger partial charge on any atom is -0.394 e. The van der Waals surface area contributed by atoms with E-state index in [9.17, 15) is 10.2 Å². The molecule has 4 rings (SSSR count). The summed E-state index contributed by atoms with van der Waals surface area (Å²) in [4.78, 5) is 18.4. The summed E-state index contributed by atoms with van der Waals surface area (Å²) in [7, 11) is 0. The highest BCUT2D eigenvalue weighted by atomic mass is 16.3. The molecule has 3 N–H and O–H groups in total. The molecular weight excluding hydrogens is 294 g/mol. The van der Waals surface area contributed by atoms with Crippen LogP contribution in [0.15, 0.2) is 36.8 Å². The van der Waals surface area contributed by atoms with Crippen molar-refractivity contribution in [2.45, 2.75) is 18.6 Å². The number of anilines is 1. The zero-order valence-corrected chi connectivity index (χ0v) is 12.4. The van der Waals surface area contributed by atoms with Gasteiger partial charge in [-0.2, -0.15) is 0 Å². The van der Waals surface area contributed by atoms with Crippen LogP contribution in [0.3, 0.4) is 0 Å². The highest BCUT2D eigenvalue weighted by Gasteiger charge is 2.32. The highest BCUT2D eigenvalue weighted by Crippen LogP contribution is 2.31. The molecule has 118 valence electrons. The Kier molecular flexibility index (Phi) is 3.44. The Hall–Kier alpha value is -2.51. The third kappa shape index (κ3) is 2.43. The summed E-state index contributed by atoms with van der Waals surface area (Å²) >= 11 is 0. The van der Waals surface area contributed by atoms with Crippen molar-refractivity contribution in [3.63, 3.8) is 0 Å². The van der Waals surface area contributed by atoms with Crippen molar-refractivity contribution < 1.29 is 10.2 Å². The molecule has 0 unspecified atom stereocenters. The van der Waals surface area contributed by atoms with Crippen molar-refractivity contribution in [1.29, 1.82) is 0 Å². The standard InChI is InChI=1S/C16H17N5O2/c22-9-11-7-12(23)8-21(11)16-13-3-6-18-15(13)19-14(20-16)10-1-4-17-5-2-10/h1-6,11-12,22-23H,7-9H2,(H,18,19,20)/t11-,12-/m1/s1. The largest absolute Gasteiger partial charge is 0.394 e. The first-order chi connectivity index (χ1) is 11.3. The van der Waals surface area contributed by atoms with Crippen LogP contribution >= 0.6 is 0 Å². The van der Waals surface area contributed by atoms with E-state index in [0.717, 1.165) is 22.4 Å². The van der Waals surface area contributed by atoms with E-state index >= 15 is 0 Å². The van der Waals surface area contributed by atoms with Crippen LogP contribution in [0.1, 0.15) is 6.42 Å². The molecule has 0 amide bonds. The number of H-pyrrole nitrogens is 1. The maximum absolute atomic E-state index is 9.96. The Morgan fingerprint density at radius 2 is 2.04 bits per heavy atom. The van der Waals surface area contributed by atoms with E-state index < -0.39 is 6.10 Å². The summed E-state index contributed by atoms with van der Waals surface area (Å²) in [5, 5.41) is 20.5. The Bertz CT molecular complexity index is 820. The van der Waals surface area contributed by atoms with Crippen molar-refractivity contribution in [2.24, 2.45) is 0 Å². The number of pyridine rings is 1. The summed E-state index contributed by atoms with van der Waals surface area (Å²) < 4.78 is 0. The lowest BCUT2D eigenvalue weighted by atomic mass is 10.2. The number of aliphatic hydroxyl groups is 2. The van der Waals surface area contributed by atoms with Crippen molar-refractivity contribution in [2.75, 3.05) is 18.1 Å². The second kappa shape index (κ2) is 5.60. The molecule has 0 bridgehead atoms. The van der Waals surface area contributed by atoms with E-state index in [4.69, 9.17) is 4.98 Å². The first-order valence-corrected chi connectivity index (χ1v) is 7.57. The quantitative estimate of drug-likeness (QED) is 0.666. The van der Waals surface area contributed by atoms with Gasteiger partial charge in [0, 0.05) is 30.7 Å². The van der Waals surface area contributed by atoms with Gasteiger partial charge in [0.1, 0.15) is 11.5 Å². The SMILES string of the molecule is OC[C@H]1C[C@@H](O)CN1c1nc(-c2ccncc2)nc2[nH]ccc12. The number of nitrogens with zero attached hydrogens (tertiary/aromatic N) is 4. The predicted octanol–water partition coefficient (Wildman–Crippen LogP) is 0.952. The monoisotopic (exact) mass is 311 g/mol. The fourth-order valence-corrected chi connectivity index (χ4v) is 3.10. The first kappa shape index (κ1) is 14.1. The number of hydrogen-bond acceptors (Lipinski definition) is 6. The Morgan fingerprint density at radius 3 is 2.83 bits per heavy atom. The second-order valence-corrected chi connectivity index (χ2v) is 5.72. The van der Waals surface area contributed by atoms with Crippen LogP contribution in [0.25, 0.3) is 22.4 Å². The molecule has 7 heteroatoms. The topological polar surface area (TPSA) is 98.2 Å². The summed E-state index contributed by atoms with van der Waals surface area (Å²) in [6.45, 7) is 0.440. The molecule has 4 heterocycles. The van der Waals surface area contributed by atoms with Gasteiger partial charge in [-0.05, 0) is 24.6 Å². The number of nitrogens with one attached hydrogen (secondary N) is 1. The molecule has 7 nitrogen and oxygen atoms in total. The molecule has 1 aliphatic heterocycles. The lowest BCUT2D eigenvalue weighted by Crippen LogP contribution is -2.33. The number of rotatable bonds is 3. The molecule has 1 aliphatic rings. The van der Waals surface area contributed by atoms with Crippen LogP contribution in [-0.2, 0) is 0 Å². The van der Waals surface area contributed by atoms with Crippen molar-refractivity contribution in [3.8, 4) is 11.4 Å². The van der Waals surface area contributed by atoms with Gasteiger partial charge in [-0.1, -0.05) is 0 Å². The fourth-order valence-electron chi connectivity index (χ4n) is 3.10. The van der Waals surface area contributed by atoms with Crippen molar-refractivity contribution in [3.05, 3.63) is 36.8 Å². The van der Waals surface area contributed by atoms with Gasteiger partial charge in [0.25, 0.3) is 0 Å². The molecule has 3 aromatic heterocycles. The zero-order valence-electron chi connectivity index (χ0n) is 12.4. The summed E-state index contributed by atoms with van der Waals surface area (Å²) in [6.07, 6.45) is 5.30. The minimum absolute atomic E-state index is 0.0163. The maximum Gasteiger partial charge on any atom is 0.164 e. The van der Waals surface area contributed by atoms with Gasteiger partial charge in [0.15, 0.2) is 5.82 Å². The van der Waals surface area contributed by atoms with E-state index in [1.54, 1.807) is 12.4 Å². The molecule has 1 fully saturated rings. The molecule has 0 radical (unpaired) electrons. The van der Waals surface area contributed by atoms with Gasteiger partial charge >= 0.3 is 0 Å². The van der Waals surface area contributed by atoms with Crippen LogP contribution in [0.4, 0.5) is 5.82 Å². The Balaban J connectivity index is 1.87. The van der Waals surface area contributed by atoms with Crippen molar-refractivity contribution >= 4 is 16.9 Å². The van der Waals surface area contributed by atoms with Gasteiger partial charge in [-0.25, -0.2) is 9.97 Å². The number of aromatic amines is 1. The third-order valence-corrected chi connectivity index (χ3v) is 4.21. The van der Waals surface area contributed by atoms with Crippen LogP contribution in [0.5, 0.6) is 0 Å². The van der Waals surface area contributed by atoms with Gasteiger partial charge in [-0.3, -0.25) is 4.98 Å². The van der Waals surface area contributed by atoms with Crippen LogP contribution < -0.4 is 4.90 Å². The Morgan fingerprint density at radius 1 is 1.22 bits per heavy atom. The normalized spacial score (nSPS) is 21.2. The second-order valence-electron chi connectivity index (χ2n) is 5.72. The van der Waals surface area contributed by atoms with Crippen LogP contribution in [0.2, 0.25) is 0 Å². The van der Waals surface area contributed by atoms with E-state index in [1.807, 2.05) is 29.3 Å². The van der Waals surface area contributed by atoms with Gasteiger partial charge in [-0.15, -0.1) is 0 Å². The van der Waals surface area contributed by atoms with Crippen molar-refractivity contribution in [1.82, 2.24) is 19.9 Å². The Labute approximate surface area is 132 Å². The molecule has 2 atom stereocenters. The average Bonchev–Trinajstić information content (AvgIpc) is 3.20. The molecule has 1 saturated heterocycles. The van der Waals surface area contributed by atoms with Gasteiger partial charge in [0.05, 0.1) is 24.1 Å². The summed E-state index contributed by atoms with van der Waals surface area (Å²) in [6, 6.07) is 5.50. The summed E-state index contributed by atoms with van der Waals surface area (Å²) in [5.74, 6) is 1.33. The number of aliphatic hydroxyl groups excluding tert-OH is 2. The molecule has 3 aromatic rings. The minimum atomic E-state index is -0.458. The number of hydrogen-bond donors (Lipinski definition) is 3. The fraction of sp³-hybridized carbons (Fsp3) is 0.312. The van der Waals surface area contributed by atoms with E-state index in [0.29, 0.717) is 18.8 Å². The van der Waals surface area contributed by atoms with Gasteiger partial charge < -0.3 is 20.1 Å². The molecule has 0 aliphatic carbocycles. The summed E-state index contributed by atoms with van der Waals surface area (Å²) in [5.41, 5.74) is 1.61. The lowest BCUT2D eigenvalue weighted by Gasteiger charge is -2.24. The lowest BCUT2D eigenvalue weighted by molar-refractivity contribution is 0.184. The van der Waals surface area contributed by atoms with Gasteiger partial charge in [0.2, 0.25) is 0 Å². The number of aromatic nitrogens is 4. The van der Waals surface area contributed by atoms with Crippen LogP contribution in [0, 0.1) is 0 Å². The number of fused-ring (bicyclic) bond motifs is 1. The van der Waals surface area contributed by atoms with E-state index in [1.165, 1.54) is 0 Å². The molecule has 0 spiro atoms. The van der Waals surface area contributed by atoms with E-state index in [2.05, 4.69) is 15.0 Å². The first-order valence-electron chi connectivity index (χ1n) is 7.57. The third-order valence-electron chi connectivity index (χ3n) is 4.21. The molecular formula is C16H17N5O2. The highest BCUT2D eigenvalue weighted by molar-refractivity contribution is 5.89. The molecule has 0 aromatic carbocycles. The average molecular weight is 311 g/mol. The maximum atomic E-state index is 9.96. The van der Waals surface area contributed by atoms with E-state index in [-0.39, 0.29) is 12.6 Å². The predicted molar refractivity (Wildman–Crippen MR) is 86.0 cm³/mol. The van der Waals surface area contributed by atoms with Crippen LogP contribution in [-0.4, -0.2) is 55.4 Å². The number of β-amino-alcohol motifs (C(OH)–C–C–N with tert-alkyl or cyclic N) is 1.